The lowest BCUT2D eigenvalue weighted by atomic mass is 10.3. The first kappa shape index (κ1) is 14.7. The number of aromatic nitrogens is 5. The molecule has 3 rings (SSSR count). The zero-order valence-electron chi connectivity index (χ0n) is 11.6. The van der Waals surface area contributed by atoms with Crippen molar-refractivity contribution in [3.63, 3.8) is 0 Å². The van der Waals surface area contributed by atoms with Crippen LogP contribution in [0.4, 0.5) is 0 Å². The summed E-state index contributed by atoms with van der Waals surface area (Å²) in [5, 5.41) is 14.2. The van der Waals surface area contributed by atoms with Crippen LogP contribution in [-0.2, 0) is 0 Å². The number of hydrogen-bond donors (Lipinski definition) is 0. The molecule has 1 aromatic carbocycles. The lowest BCUT2D eigenvalue weighted by Gasteiger charge is -2.02. The third-order valence-electron chi connectivity index (χ3n) is 2.82. The van der Waals surface area contributed by atoms with Crippen LogP contribution in [0.5, 0.6) is 0 Å². The summed E-state index contributed by atoms with van der Waals surface area (Å²) in [6.07, 6.45) is 3.58. The van der Waals surface area contributed by atoms with Gasteiger partial charge in [-0.3, -0.25) is 0 Å². The van der Waals surface area contributed by atoms with E-state index in [-0.39, 0.29) is 0 Å². The Labute approximate surface area is 137 Å². The highest BCUT2D eigenvalue weighted by molar-refractivity contribution is 7.99. The number of nitrogens with zero attached hydrogens (tertiary/aromatic N) is 5. The third-order valence-corrected chi connectivity index (χ3v) is 4.07. The second-order valence-electron chi connectivity index (χ2n) is 4.33. The van der Waals surface area contributed by atoms with E-state index in [4.69, 9.17) is 11.6 Å². The summed E-state index contributed by atoms with van der Waals surface area (Å²) in [5.74, 6) is 1.31. The second kappa shape index (κ2) is 6.72. The Kier molecular flexibility index (Phi) is 4.50. The number of halogens is 1. The van der Waals surface area contributed by atoms with Gasteiger partial charge >= 0.3 is 0 Å². The highest BCUT2D eigenvalue weighted by Gasteiger charge is 2.12. The molecule has 7 heteroatoms. The molecule has 0 saturated carbocycles. The Balaban J connectivity index is 1.94. The molecule has 0 aliphatic heterocycles. The standard InChI is InChI=1S/C15H12ClN5S/c1-2-10-22-15-13(4-3-9-17-15)14-18-20-21(19-14)12-7-5-11(16)6-8-12/h2-9H,1,10H2. The maximum atomic E-state index is 5.88. The quantitative estimate of drug-likeness (QED) is 0.528. The number of tetrazole rings is 1. The molecule has 0 radical (unpaired) electrons. The summed E-state index contributed by atoms with van der Waals surface area (Å²) >= 11 is 7.47. The highest BCUT2D eigenvalue weighted by Crippen LogP contribution is 2.27. The van der Waals surface area contributed by atoms with Gasteiger partial charge in [-0.1, -0.05) is 17.7 Å². The van der Waals surface area contributed by atoms with Crippen molar-refractivity contribution in [1.29, 1.82) is 0 Å². The lowest BCUT2D eigenvalue weighted by Crippen LogP contribution is -1.98. The summed E-state index contributed by atoms with van der Waals surface area (Å²) < 4.78 is 0. The van der Waals surface area contributed by atoms with Crippen molar-refractivity contribution in [2.45, 2.75) is 5.03 Å². The Morgan fingerprint density at radius 1 is 1.23 bits per heavy atom. The van der Waals surface area contributed by atoms with Crippen LogP contribution in [0.15, 0.2) is 60.3 Å². The van der Waals surface area contributed by atoms with Crippen LogP contribution in [0.1, 0.15) is 0 Å². The predicted molar refractivity (Wildman–Crippen MR) is 88.3 cm³/mol. The van der Waals surface area contributed by atoms with E-state index < -0.39 is 0 Å². The molecule has 0 amide bonds. The predicted octanol–water partition coefficient (Wildman–Crippen LogP) is 3.66. The van der Waals surface area contributed by atoms with E-state index in [1.165, 1.54) is 4.80 Å². The molecule has 0 aliphatic rings. The van der Waals surface area contributed by atoms with Crippen LogP contribution in [0.2, 0.25) is 5.02 Å². The van der Waals surface area contributed by atoms with Gasteiger partial charge in [-0.2, -0.15) is 0 Å². The van der Waals surface area contributed by atoms with Crippen molar-refractivity contribution in [1.82, 2.24) is 25.2 Å². The van der Waals surface area contributed by atoms with Gasteiger partial charge in [0.15, 0.2) is 0 Å². The maximum Gasteiger partial charge on any atom is 0.208 e. The second-order valence-corrected chi connectivity index (χ2v) is 5.78. The molecule has 0 atom stereocenters. The summed E-state index contributed by atoms with van der Waals surface area (Å²) in [5.41, 5.74) is 1.65. The number of thioether (sulfide) groups is 1. The number of hydrogen-bond acceptors (Lipinski definition) is 5. The van der Waals surface area contributed by atoms with Gasteiger partial charge in [-0.15, -0.1) is 33.3 Å². The minimum absolute atomic E-state index is 0.537. The summed E-state index contributed by atoms with van der Waals surface area (Å²) in [6, 6.07) is 11.0. The molecule has 0 fully saturated rings. The molecule has 0 spiro atoms. The minimum Gasteiger partial charge on any atom is -0.249 e. The average molecular weight is 330 g/mol. The van der Waals surface area contributed by atoms with E-state index in [0.717, 1.165) is 22.0 Å². The molecule has 2 heterocycles. The fraction of sp³-hybridized carbons (Fsp3) is 0.0667. The molecule has 3 aromatic rings. The Morgan fingerprint density at radius 2 is 2.05 bits per heavy atom. The van der Waals surface area contributed by atoms with Crippen LogP contribution in [-0.4, -0.2) is 30.9 Å². The molecular formula is C15H12ClN5S. The first-order chi connectivity index (χ1) is 10.8. The van der Waals surface area contributed by atoms with Crippen LogP contribution < -0.4 is 0 Å². The molecule has 2 aromatic heterocycles. The van der Waals surface area contributed by atoms with E-state index >= 15 is 0 Å². The Hall–Kier alpha value is -2.18. The third kappa shape index (κ3) is 3.18. The fourth-order valence-corrected chi connectivity index (χ4v) is 2.67. The van der Waals surface area contributed by atoms with E-state index in [0.29, 0.717) is 10.8 Å². The SMILES string of the molecule is C=CCSc1ncccc1-c1nnn(-c2ccc(Cl)cc2)n1. The number of pyridine rings is 1. The van der Waals surface area contributed by atoms with E-state index in [2.05, 4.69) is 27.0 Å². The Bertz CT molecular complexity index is 785. The van der Waals surface area contributed by atoms with Gasteiger partial charge in [-0.25, -0.2) is 4.98 Å². The molecule has 0 bridgehead atoms. The van der Waals surface area contributed by atoms with Crippen molar-refractivity contribution in [3.8, 4) is 17.1 Å². The Morgan fingerprint density at radius 3 is 2.82 bits per heavy atom. The summed E-state index contributed by atoms with van der Waals surface area (Å²) in [6.45, 7) is 3.72. The van der Waals surface area contributed by atoms with Crippen molar-refractivity contribution in [2.75, 3.05) is 5.75 Å². The minimum atomic E-state index is 0.537. The van der Waals surface area contributed by atoms with Gasteiger partial charge in [0.2, 0.25) is 5.82 Å². The first-order valence-corrected chi connectivity index (χ1v) is 7.89. The lowest BCUT2D eigenvalue weighted by molar-refractivity contribution is 0.720. The van der Waals surface area contributed by atoms with Crippen LogP contribution in [0.25, 0.3) is 17.1 Å². The smallest absolute Gasteiger partial charge is 0.208 e. The van der Waals surface area contributed by atoms with E-state index in [9.17, 15) is 0 Å². The highest BCUT2D eigenvalue weighted by atomic mass is 35.5. The zero-order chi connectivity index (χ0) is 15.4. The topological polar surface area (TPSA) is 56.5 Å². The molecule has 0 aliphatic carbocycles. The average Bonchev–Trinajstić information content (AvgIpc) is 3.03. The number of benzene rings is 1. The van der Waals surface area contributed by atoms with Gasteiger partial charge < -0.3 is 0 Å². The zero-order valence-corrected chi connectivity index (χ0v) is 13.1. The van der Waals surface area contributed by atoms with Gasteiger partial charge in [0.1, 0.15) is 5.03 Å². The molecule has 0 unspecified atom stereocenters. The maximum absolute atomic E-state index is 5.88. The monoisotopic (exact) mass is 329 g/mol. The van der Waals surface area contributed by atoms with E-state index in [1.807, 2.05) is 30.3 Å². The molecule has 110 valence electrons. The van der Waals surface area contributed by atoms with Crippen molar-refractivity contribution in [2.24, 2.45) is 0 Å². The van der Waals surface area contributed by atoms with Crippen LogP contribution >= 0.6 is 23.4 Å². The number of rotatable bonds is 5. The summed E-state index contributed by atoms with van der Waals surface area (Å²) in [7, 11) is 0. The van der Waals surface area contributed by atoms with Gasteiger partial charge in [0.05, 0.1) is 11.3 Å². The molecule has 0 saturated heterocycles. The van der Waals surface area contributed by atoms with Crippen LogP contribution in [0, 0.1) is 0 Å². The van der Waals surface area contributed by atoms with E-state index in [1.54, 1.807) is 30.1 Å². The first-order valence-electron chi connectivity index (χ1n) is 6.53. The van der Waals surface area contributed by atoms with Gasteiger partial charge in [-0.05, 0) is 41.6 Å². The largest absolute Gasteiger partial charge is 0.249 e. The molecule has 22 heavy (non-hydrogen) atoms. The fourth-order valence-electron chi connectivity index (χ4n) is 1.82. The van der Waals surface area contributed by atoms with Gasteiger partial charge in [0.25, 0.3) is 0 Å². The molecular weight excluding hydrogens is 318 g/mol. The molecule has 0 N–H and O–H groups in total. The van der Waals surface area contributed by atoms with Crippen molar-refractivity contribution < 1.29 is 0 Å². The van der Waals surface area contributed by atoms with Crippen molar-refractivity contribution >= 4 is 23.4 Å². The van der Waals surface area contributed by atoms with Crippen molar-refractivity contribution in [3.05, 3.63) is 60.3 Å². The van der Waals surface area contributed by atoms with Crippen LogP contribution in [0.3, 0.4) is 0 Å². The summed E-state index contributed by atoms with van der Waals surface area (Å²) in [4.78, 5) is 5.84. The molecule has 5 nitrogen and oxygen atoms in total. The van der Waals surface area contributed by atoms with Gasteiger partial charge in [0, 0.05) is 17.0 Å². The normalized spacial score (nSPS) is 10.6.